The number of nitrogens with one attached hydrogen (secondary N) is 1. The number of alkyl halides is 3. The van der Waals surface area contributed by atoms with Crippen LogP contribution in [0, 0.1) is 0 Å². The Bertz CT molecular complexity index is 907. The van der Waals surface area contributed by atoms with E-state index in [0.29, 0.717) is 6.08 Å². The molecule has 0 saturated heterocycles. The molecular formula is C22H20F3NO3. The molecule has 4 nitrogen and oxygen atoms in total. The maximum atomic E-state index is 13.3. The molecule has 0 fully saturated rings. The molecule has 3 rings (SSSR count). The summed E-state index contributed by atoms with van der Waals surface area (Å²) in [5.74, 6) is -1.78. The summed E-state index contributed by atoms with van der Waals surface area (Å²) in [6, 6.07) is 14.5. The van der Waals surface area contributed by atoms with Crippen LogP contribution in [-0.4, -0.2) is 24.7 Å². The molecule has 0 spiro atoms. The van der Waals surface area contributed by atoms with Crippen molar-refractivity contribution in [1.82, 2.24) is 5.32 Å². The molecule has 0 aromatic heterocycles. The van der Waals surface area contributed by atoms with E-state index in [1.54, 1.807) is 6.07 Å². The van der Waals surface area contributed by atoms with Crippen LogP contribution >= 0.6 is 0 Å². The number of esters is 1. The molecule has 0 saturated carbocycles. The Kier molecular flexibility index (Phi) is 6.36. The Morgan fingerprint density at radius 3 is 2.48 bits per heavy atom. The molecule has 1 aliphatic carbocycles. The molecule has 152 valence electrons. The van der Waals surface area contributed by atoms with Crippen molar-refractivity contribution in [3.05, 3.63) is 77.4 Å². The van der Waals surface area contributed by atoms with Gasteiger partial charge in [-0.3, -0.25) is 4.79 Å². The van der Waals surface area contributed by atoms with E-state index >= 15 is 0 Å². The number of aryl methyl sites for hydroxylation is 1. The molecule has 0 heterocycles. The van der Waals surface area contributed by atoms with Crippen LogP contribution in [0.25, 0.3) is 5.57 Å². The Morgan fingerprint density at radius 1 is 1.07 bits per heavy atom. The Hall–Kier alpha value is -3.09. The van der Waals surface area contributed by atoms with Crippen molar-refractivity contribution in [2.24, 2.45) is 0 Å². The van der Waals surface area contributed by atoms with Gasteiger partial charge in [-0.15, -0.1) is 0 Å². The Balaban J connectivity index is 1.61. The standard InChI is InChI=1S/C22H20F3NO3/c23-22(24,25)18(16-8-2-1-3-9-16)13-21(28)29-14-20(27)26-19-12-6-10-15-7-4-5-11-17(15)19/h1-5,7-9,11,13,19H,6,10,12,14H2,(H,26,27)/b18-13-. The number of ether oxygens (including phenoxy) is 1. The quantitative estimate of drug-likeness (QED) is 0.596. The van der Waals surface area contributed by atoms with Gasteiger partial charge in [0.15, 0.2) is 6.61 Å². The number of carbonyl (C=O) groups excluding carboxylic acids is 2. The lowest BCUT2D eigenvalue weighted by Crippen LogP contribution is -2.34. The molecule has 2 aromatic rings. The number of allylic oxidation sites excluding steroid dienone is 1. The first-order chi connectivity index (χ1) is 13.8. The molecule has 29 heavy (non-hydrogen) atoms. The molecular weight excluding hydrogens is 383 g/mol. The largest absolute Gasteiger partial charge is 0.452 e. The molecule has 1 aliphatic rings. The zero-order chi connectivity index (χ0) is 20.9. The first-order valence-electron chi connectivity index (χ1n) is 9.23. The number of halogens is 3. The number of fused-ring (bicyclic) bond motifs is 1. The highest BCUT2D eigenvalue weighted by molar-refractivity contribution is 5.93. The minimum atomic E-state index is -4.73. The normalized spacial score (nSPS) is 16.7. The predicted molar refractivity (Wildman–Crippen MR) is 102 cm³/mol. The van der Waals surface area contributed by atoms with Crippen molar-refractivity contribution in [2.75, 3.05) is 6.61 Å². The third-order valence-corrected chi connectivity index (χ3v) is 4.70. The summed E-state index contributed by atoms with van der Waals surface area (Å²) < 4.78 is 44.5. The van der Waals surface area contributed by atoms with Crippen LogP contribution in [0.5, 0.6) is 0 Å². The summed E-state index contributed by atoms with van der Waals surface area (Å²) in [4.78, 5) is 24.0. The van der Waals surface area contributed by atoms with Crippen molar-refractivity contribution >= 4 is 17.4 Å². The number of rotatable bonds is 5. The third-order valence-electron chi connectivity index (χ3n) is 4.70. The van der Waals surface area contributed by atoms with Crippen molar-refractivity contribution in [3.63, 3.8) is 0 Å². The lowest BCUT2D eigenvalue weighted by Gasteiger charge is -2.26. The zero-order valence-corrected chi connectivity index (χ0v) is 15.5. The molecule has 0 aliphatic heterocycles. The van der Waals surface area contributed by atoms with Gasteiger partial charge in [0.05, 0.1) is 11.6 Å². The predicted octanol–water partition coefficient (Wildman–Crippen LogP) is 4.37. The summed E-state index contributed by atoms with van der Waals surface area (Å²) in [5.41, 5.74) is 0.897. The van der Waals surface area contributed by atoms with Gasteiger partial charge < -0.3 is 10.1 Å². The summed E-state index contributed by atoms with van der Waals surface area (Å²) >= 11 is 0. The smallest absolute Gasteiger partial charge is 0.417 e. The zero-order valence-electron chi connectivity index (χ0n) is 15.5. The molecule has 1 atom stereocenters. The fourth-order valence-electron chi connectivity index (χ4n) is 3.38. The lowest BCUT2D eigenvalue weighted by atomic mass is 9.88. The second-order valence-corrected chi connectivity index (χ2v) is 6.74. The summed E-state index contributed by atoms with van der Waals surface area (Å²) in [7, 11) is 0. The Morgan fingerprint density at radius 2 is 1.76 bits per heavy atom. The highest BCUT2D eigenvalue weighted by Crippen LogP contribution is 2.33. The number of carbonyl (C=O) groups is 2. The highest BCUT2D eigenvalue weighted by Gasteiger charge is 2.35. The van der Waals surface area contributed by atoms with Crippen LogP contribution in [0.1, 0.15) is 35.6 Å². The van der Waals surface area contributed by atoms with E-state index in [1.807, 2.05) is 24.3 Å². The van der Waals surface area contributed by atoms with Gasteiger partial charge in [0.25, 0.3) is 5.91 Å². The minimum Gasteiger partial charge on any atom is -0.452 e. The summed E-state index contributed by atoms with van der Waals surface area (Å²) in [5, 5.41) is 2.79. The molecule has 1 amide bonds. The molecule has 1 N–H and O–H groups in total. The van der Waals surface area contributed by atoms with Crippen LogP contribution in [0.2, 0.25) is 0 Å². The SMILES string of the molecule is O=C(COC(=O)/C=C(/c1ccccc1)C(F)(F)F)NC1CCCc2ccccc21. The number of benzene rings is 2. The maximum absolute atomic E-state index is 13.3. The fraction of sp³-hybridized carbons (Fsp3) is 0.273. The van der Waals surface area contributed by atoms with E-state index in [2.05, 4.69) is 5.32 Å². The first kappa shape index (κ1) is 20.6. The molecule has 1 unspecified atom stereocenters. The fourth-order valence-corrected chi connectivity index (χ4v) is 3.38. The van der Waals surface area contributed by atoms with E-state index in [4.69, 9.17) is 4.74 Å². The van der Waals surface area contributed by atoms with Gasteiger partial charge in [0.2, 0.25) is 0 Å². The van der Waals surface area contributed by atoms with Gasteiger partial charge in [-0.05, 0) is 36.0 Å². The van der Waals surface area contributed by atoms with E-state index in [-0.39, 0.29) is 11.6 Å². The van der Waals surface area contributed by atoms with Crippen molar-refractivity contribution in [3.8, 4) is 0 Å². The summed E-state index contributed by atoms with van der Waals surface area (Å²) in [6.45, 7) is -0.645. The number of amides is 1. The van der Waals surface area contributed by atoms with Crippen LogP contribution in [0.4, 0.5) is 13.2 Å². The number of hydrogen-bond acceptors (Lipinski definition) is 3. The van der Waals surface area contributed by atoms with Gasteiger partial charge >= 0.3 is 12.1 Å². The first-order valence-corrected chi connectivity index (χ1v) is 9.23. The van der Waals surface area contributed by atoms with E-state index < -0.39 is 30.2 Å². The van der Waals surface area contributed by atoms with Gasteiger partial charge in [-0.1, -0.05) is 54.6 Å². The lowest BCUT2D eigenvalue weighted by molar-refractivity contribution is -0.144. The molecule has 0 radical (unpaired) electrons. The van der Waals surface area contributed by atoms with Crippen LogP contribution in [-0.2, 0) is 20.7 Å². The van der Waals surface area contributed by atoms with E-state index in [1.165, 1.54) is 24.3 Å². The third kappa shape index (κ3) is 5.47. The topological polar surface area (TPSA) is 55.4 Å². The van der Waals surface area contributed by atoms with E-state index in [0.717, 1.165) is 30.4 Å². The minimum absolute atomic E-state index is 0.153. The molecule has 2 aromatic carbocycles. The van der Waals surface area contributed by atoms with Crippen LogP contribution in [0.3, 0.4) is 0 Å². The average Bonchev–Trinajstić information content (AvgIpc) is 2.70. The number of hydrogen-bond donors (Lipinski definition) is 1. The monoisotopic (exact) mass is 403 g/mol. The van der Waals surface area contributed by atoms with Crippen LogP contribution in [0.15, 0.2) is 60.7 Å². The molecule has 7 heteroatoms. The summed E-state index contributed by atoms with van der Waals surface area (Å²) in [6.07, 6.45) is -1.76. The second-order valence-electron chi connectivity index (χ2n) is 6.74. The van der Waals surface area contributed by atoms with Gasteiger partial charge in [-0.25, -0.2) is 4.79 Å². The van der Waals surface area contributed by atoms with Gasteiger partial charge in [0, 0.05) is 6.08 Å². The second kappa shape index (κ2) is 8.94. The average molecular weight is 403 g/mol. The van der Waals surface area contributed by atoms with Gasteiger partial charge in [0.1, 0.15) is 0 Å². The van der Waals surface area contributed by atoms with Crippen molar-refractivity contribution in [1.29, 1.82) is 0 Å². The highest BCUT2D eigenvalue weighted by atomic mass is 19.4. The van der Waals surface area contributed by atoms with Gasteiger partial charge in [-0.2, -0.15) is 13.2 Å². The van der Waals surface area contributed by atoms with E-state index in [9.17, 15) is 22.8 Å². The van der Waals surface area contributed by atoms with Crippen LogP contribution < -0.4 is 5.32 Å². The maximum Gasteiger partial charge on any atom is 0.417 e. The van der Waals surface area contributed by atoms with Crippen molar-refractivity contribution < 1.29 is 27.5 Å². The van der Waals surface area contributed by atoms with Crippen molar-refractivity contribution in [2.45, 2.75) is 31.5 Å². The Labute approximate surface area is 166 Å². The molecule has 0 bridgehead atoms.